The summed E-state index contributed by atoms with van der Waals surface area (Å²) in [6.45, 7) is 0.238. The molecule has 7 nitrogen and oxygen atoms in total. The van der Waals surface area contributed by atoms with Crippen LogP contribution in [-0.2, 0) is 25.7 Å². The van der Waals surface area contributed by atoms with Gasteiger partial charge in [0.25, 0.3) is 0 Å². The Hall–Kier alpha value is -2.90. The molecule has 0 bridgehead atoms. The van der Waals surface area contributed by atoms with E-state index in [2.05, 4.69) is 10.6 Å². The zero-order chi connectivity index (χ0) is 18.8. The maximum atomic E-state index is 11.9. The Bertz CT molecular complexity index is 731. The van der Waals surface area contributed by atoms with Crippen molar-refractivity contribution in [3.63, 3.8) is 0 Å². The van der Waals surface area contributed by atoms with Crippen molar-refractivity contribution in [2.45, 2.75) is 6.61 Å². The Morgan fingerprint density at radius 1 is 0.885 bits per heavy atom. The zero-order valence-electron chi connectivity index (χ0n) is 14.8. The summed E-state index contributed by atoms with van der Waals surface area (Å²) >= 11 is 0. The summed E-state index contributed by atoms with van der Waals surface area (Å²) in [5.74, 6) is 0.243. The van der Waals surface area contributed by atoms with Gasteiger partial charge in [-0.3, -0.25) is 9.59 Å². The lowest BCUT2D eigenvalue weighted by Crippen LogP contribution is -2.19. The van der Waals surface area contributed by atoms with Gasteiger partial charge in [0.2, 0.25) is 11.8 Å². The molecule has 0 fully saturated rings. The first kappa shape index (κ1) is 19.4. The molecule has 26 heavy (non-hydrogen) atoms. The van der Waals surface area contributed by atoms with Crippen LogP contribution in [0.2, 0.25) is 0 Å². The third kappa shape index (κ3) is 6.54. The third-order valence-electron chi connectivity index (χ3n) is 3.36. The van der Waals surface area contributed by atoms with Gasteiger partial charge in [-0.05, 0) is 42.0 Å². The van der Waals surface area contributed by atoms with E-state index >= 15 is 0 Å². The van der Waals surface area contributed by atoms with Gasteiger partial charge in [-0.2, -0.15) is 0 Å². The monoisotopic (exact) mass is 358 g/mol. The van der Waals surface area contributed by atoms with Gasteiger partial charge in [0.1, 0.15) is 19.0 Å². The van der Waals surface area contributed by atoms with Crippen LogP contribution in [-0.4, -0.2) is 39.2 Å². The first-order valence-electron chi connectivity index (χ1n) is 8.00. The van der Waals surface area contributed by atoms with Gasteiger partial charge in [-0.1, -0.05) is 12.1 Å². The minimum Gasteiger partial charge on any atom is -0.497 e. The molecule has 0 heterocycles. The number of amides is 2. The molecule has 0 aliphatic rings. The highest BCUT2D eigenvalue weighted by Gasteiger charge is 2.05. The summed E-state index contributed by atoms with van der Waals surface area (Å²) in [6.07, 6.45) is 0. The Kier molecular flexibility index (Phi) is 7.60. The Balaban J connectivity index is 1.75. The fourth-order valence-corrected chi connectivity index (χ4v) is 2.19. The average molecular weight is 358 g/mol. The summed E-state index contributed by atoms with van der Waals surface area (Å²) in [6, 6.07) is 14.2. The second-order valence-electron chi connectivity index (χ2n) is 5.45. The number of anilines is 2. The lowest BCUT2D eigenvalue weighted by molar-refractivity contribution is -0.121. The summed E-state index contributed by atoms with van der Waals surface area (Å²) < 4.78 is 15.3. The highest BCUT2D eigenvalue weighted by Crippen LogP contribution is 2.14. The summed E-state index contributed by atoms with van der Waals surface area (Å²) in [7, 11) is 3.05. The van der Waals surface area contributed by atoms with Gasteiger partial charge in [0, 0.05) is 18.5 Å². The molecule has 0 aliphatic carbocycles. The summed E-state index contributed by atoms with van der Waals surface area (Å²) in [5.41, 5.74) is 2.16. The number of rotatable bonds is 9. The highest BCUT2D eigenvalue weighted by atomic mass is 16.5. The number of hydrogen-bond donors (Lipinski definition) is 2. The molecule has 0 saturated carbocycles. The molecule has 0 unspecified atom stereocenters. The van der Waals surface area contributed by atoms with Gasteiger partial charge < -0.3 is 24.8 Å². The third-order valence-corrected chi connectivity index (χ3v) is 3.36. The van der Waals surface area contributed by atoms with E-state index < -0.39 is 0 Å². The van der Waals surface area contributed by atoms with Crippen LogP contribution in [0.5, 0.6) is 5.75 Å². The van der Waals surface area contributed by atoms with Crippen LogP contribution in [0.3, 0.4) is 0 Å². The van der Waals surface area contributed by atoms with E-state index in [1.54, 1.807) is 31.4 Å². The van der Waals surface area contributed by atoms with Crippen LogP contribution in [0.25, 0.3) is 0 Å². The quantitative estimate of drug-likeness (QED) is 0.719. The molecule has 0 atom stereocenters. The molecule has 2 rings (SSSR count). The normalized spacial score (nSPS) is 10.2. The molecule has 2 aromatic rings. The van der Waals surface area contributed by atoms with E-state index in [1.165, 1.54) is 7.11 Å². The lowest BCUT2D eigenvalue weighted by atomic mass is 10.2. The number of hydrogen-bond acceptors (Lipinski definition) is 5. The van der Waals surface area contributed by atoms with Crippen LogP contribution in [0.4, 0.5) is 11.4 Å². The molecule has 2 amide bonds. The van der Waals surface area contributed by atoms with Crippen LogP contribution in [0, 0.1) is 0 Å². The van der Waals surface area contributed by atoms with E-state index in [4.69, 9.17) is 14.2 Å². The second-order valence-corrected chi connectivity index (χ2v) is 5.45. The Morgan fingerprint density at radius 2 is 1.50 bits per heavy atom. The predicted octanol–water partition coefficient (Wildman–Crippen LogP) is 2.44. The molecule has 2 aromatic carbocycles. The first-order valence-corrected chi connectivity index (χ1v) is 8.00. The minimum atomic E-state index is -0.260. The molecule has 0 aromatic heterocycles. The van der Waals surface area contributed by atoms with Gasteiger partial charge >= 0.3 is 0 Å². The molecule has 7 heteroatoms. The number of carbonyl (C=O) groups excluding carboxylic acids is 2. The van der Waals surface area contributed by atoms with E-state index in [0.717, 1.165) is 11.3 Å². The van der Waals surface area contributed by atoms with Gasteiger partial charge in [-0.25, -0.2) is 0 Å². The number of nitrogens with one attached hydrogen (secondary N) is 2. The van der Waals surface area contributed by atoms with Crippen molar-refractivity contribution in [3.05, 3.63) is 54.1 Å². The van der Waals surface area contributed by atoms with Crippen molar-refractivity contribution in [2.24, 2.45) is 0 Å². The number of methoxy groups -OCH3 is 2. The lowest BCUT2D eigenvalue weighted by Gasteiger charge is -2.09. The standard InChI is InChI=1S/C19H22N2O5/c1-24-12-18(22)20-15-6-8-16(9-7-15)21-19(23)13-26-11-14-4-3-5-17(10-14)25-2/h3-10H,11-13H2,1-2H3,(H,20,22)(H,21,23). The van der Waals surface area contributed by atoms with E-state index in [1.807, 2.05) is 24.3 Å². The van der Waals surface area contributed by atoms with Crippen molar-refractivity contribution in [1.29, 1.82) is 0 Å². The molecule has 2 N–H and O–H groups in total. The molecule has 0 saturated heterocycles. The SMILES string of the molecule is COCC(=O)Nc1ccc(NC(=O)COCc2cccc(OC)c2)cc1. The predicted molar refractivity (Wildman–Crippen MR) is 98.2 cm³/mol. The molecule has 0 spiro atoms. The molecule has 138 valence electrons. The fourth-order valence-electron chi connectivity index (χ4n) is 2.19. The van der Waals surface area contributed by atoms with Gasteiger partial charge in [0.15, 0.2) is 0 Å². The van der Waals surface area contributed by atoms with E-state index in [9.17, 15) is 9.59 Å². The van der Waals surface area contributed by atoms with Crippen LogP contribution >= 0.6 is 0 Å². The smallest absolute Gasteiger partial charge is 0.250 e. The molecule has 0 aliphatic heterocycles. The molecular weight excluding hydrogens is 336 g/mol. The largest absolute Gasteiger partial charge is 0.497 e. The topological polar surface area (TPSA) is 85.9 Å². The number of carbonyl (C=O) groups is 2. The first-order chi connectivity index (χ1) is 12.6. The van der Waals surface area contributed by atoms with Gasteiger partial charge in [-0.15, -0.1) is 0 Å². The average Bonchev–Trinajstić information content (AvgIpc) is 2.64. The van der Waals surface area contributed by atoms with E-state index in [-0.39, 0.29) is 25.0 Å². The van der Waals surface area contributed by atoms with Crippen molar-refractivity contribution in [1.82, 2.24) is 0 Å². The van der Waals surface area contributed by atoms with Crippen molar-refractivity contribution in [2.75, 3.05) is 38.1 Å². The summed E-state index contributed by atoms with van der Waals surface area (Å²) in [5, 5.41) is 5.40. The van der Waals surface area contributed by atoms with Gasteiger partial charge in [0.05, 0.1) is 13.7 Å². The van der Waals surface area contributed by atoms with Crippen molar-refractivity contribution < 1.29 is 23.8 Å². The number of ether oxygens (including phenoxy) is 3. The van der Waals surface area contributed by atoms with Crippen LogP contribution in [0.15, 0.2) is 48.5 Å². The van der Waals surface area contributed by atoms with Crippen molar-refractivity contribution >= 4 is 23.2 Å². The number of benzene rings is 2. The van der Waals surface area contributed by atoms with Crippen LogP contribution < -0.4 is 15.4 Å². The molecular formula is C19H22N2O5. The molecule has 0 radical (unpaired) electrons. The van der Waals surface area contributed by atoms with E-state index in [0.29, 0.717) is 18.0 Å². The van der Waals surface area contributed by atoms with Crippen LogP contribution in [0.1, 0.15) is 5.56 Å². The zero-order valence-corrected chi connectivity index (χ0v) is 14.8. The Labute approximate surface area is 152 Å². The minimum absolute atomic E-state index is 0.0108. The Morgan fingerprint density at radius 3 is 2.08 bits per heavy atom. The maximum absolute atomic E-state index is 11.9. The van der Waals surface area contributed by atoms with Crippen molar-refractivity contribution in [3.8, 4) is 5.75 Å². The maximum Gasteiger partial charge on any atom is 0.250 e. The highest BCUT2D eigenvalue weighted by molar-refractivity contribution is 5.93. The fraction of sp³-hybridized carbons (Fsp3) is 0.263. The summed E-state index contributed by atoms with van der Waals surface area (Å²) in [4.78, 5) is 23.3. The second kappa shape index (κ2) is 10.2.